The molecule has 0 unspecified atom stereocenters. The summed E-state index contributed by atoms with van der Waals surface area (Å²) in [7, 11) is 1.24. The molecule has 0 radical (unpaired) electrons. The average molecular weight is 640 g/mol. The summed E-state index contributed by atoms with van der Waals surface area (Å²) >= 11 is 12.2. The van der Waals surface area contributed by atoms with E-state index in [4.69, 9.17) is 23.2 Å². The molecule has 0 aliphatic carbocycles. The maximum atomic E-state index is 13.4. The zero-order chi connectivity index (χ0) is 31.1. The molecule has 4 rings (SSSR count). The second kappa shape index (κ2) is 11.6. The highest BCUT2D eigenvalue weighted by molar-refractivity contribution is 6.42. The van der Waals surface area contributed by atoms with Crippen molar-refractivity contribution in [1.82, 2.24) is 14.4 Å². The van der Waals surface area contributed by atoms with Crippen LogP contribution in [0.4, 0.5) is 26.3 Å². The van der Waals surface area contributed by atoms with Gasteiger partial charge in [0.1, 0.15) is 6.54 Å². The van der Waals surface area contributed by atoms with Gasteiger partial charge in [-0.15, -0.1) is 0 Å². The molecular weight excluding hydrogens is 619 g/mol. The highest BCUT2D eigenvalue weighted by Gasteiger charge is 2.40. The molecular formula is C26H21Cl2F6N3O5. The van der Waals surface area contributed by atoms with Crippen molar-refractivity contribution in [3.63, 3.8) is 0 Å². The number of aromatic hydroxyl groups is 1. The number of amides is 2. The first kappa shape index (κ1) is 31.3. The van der Waals surface area contributed by atoms with E-state index in [2.05, 4.69) is 4.42 Å². The van der Waals surface area contributed by atoms with Crippen LogP contribution < -0.4 is 5.76 Å². The lowest BCUT2D eigenvalue weighted by Crippen LogP contribution is -2.52. The monoisotopic (exact) mass is 639 g/mol. The first-order chi connectivity index (χ1) is 19.5. The molecule has 1 aliphatic rings. The minimum absolute atomic E-state index is 0.00268. The van der Waals surface area contributed by atoms with E-state index in [1.165, 1.54) is 24.1 Å². The van der Waals surface area contributed by atoms with E-state index in [9.17, 15) is 45.8 Å². The van der Waals surface area contributed by atoms with Gasteiger partial charge in [0.15, 0.2) is 6.26 Å². The zero-order valence-electron chi connectivity index (χ0n) is 21.5. The molecule has 1 fully saturated rings. The smallest absolute Gasteiger partial charge is 0.422 e. The second-order valence-corrected chi connectivity index (χ2v) is 10.4. The third-order valence-corrected chi connectivity index (χ3v) is 7.75. The second-order valence-electron chi connectivity index (χ2n) is 9.63. The maximum absolute atomic E-state index is 13.4. The number of likely N-dealkylation sites (tertiary alicyclic amines) is 1. The molecule has 1 N–H and O–H groups in total. The van der Waals surface area contributed by atoms with Crippen molar-refractivity contribution < 1.29 is 45.5 Å². The molecule has 2 amide bonds. The van der Waals surface area contributed by atoms with Crippen LogP contribution in [0.3, 0.4) is 0 Å². The summed E-state index contributed by atoms with van der Waals surface area (Å²) < 4.78 is 85.8. The van der Waals surface area contributed by atoms with Gasteiger partial charge >= 0.3 is 18.1 Å². The lowest BCUT2D eigenvalue weighted by molar-refractivity contribution is -0.143. The summed E-state index contributed by atoms with van der Waals surface area (Å²) in [5.74, 6) is -3.97. The summed E-state index contributed by atoms with van der Waals surface area (Å²) in [5, 5.41) is 10.1. The molecule has 226 valence electrons. The third kappa shape index (κ3) is 6.54. The molecule has 0 saturated carbocycles. The Labute approximate surface area is 243 Å². The number of halogens is 8. The van der Waals surface area contributed by atoms with Gasteiger partial charge < -0.3 is 19.3 Å². The number of carbonyl (C=O) groups excluding carboxylic acids is 2. The Balaban J connectivity index is 1.68. The van der Waals surface area contributed by atoms with Crippen molar-refractivity contribution >= 4 is 35.0 Å². The van der Waals surface area contributed by atoms with Crippen LogP contribution in [-0.2, 0) is 23.7 Å². The predicted molar refractivity (Wildman–Crippen MR) is 137 cm³/mol. The first-order valence-corrected chi connectivity index (χ1v) is 12.9. The van der Waals surface area contributed by atoms with Crippen molar-refractivity contribution in [2.45, 2.75) is 37.3 Å². The van der Waals surface area contributed by atoms with Crippen molar-refractivity contribution in [2.24, 2.45) is 0 Å². The summed E-state index contributed by atoms with van der Waals surface area (Å²) in [4.78, 5) is 40.6. The summed E-state index contributed by atoms with van der Waals surface area (Å²) in [6.45, 7) is -0.648. The molecule has 3 aromatic rings. The van der Waals surface area contributed by atoms with Gasteiger partial charge in [0, 0.05) is 37.7 Å². The average Bonchev–Trinajstić information content (AvgIpc) is 3.24. The number of benzene rings is 2. The molecule has 42 heavy (non-hydrogen) atoms. The fraction of sp³-hybridized carbons (Fsp3) is 0.346. The Kier molecular flexibility index (Phi) is 8.61. The first-order valence-electron chi connectivity index (χ1n) is 12.1. The Morgan fingerprint density at radius 2 is 1.64 bits per heavy atom. The van der Waals surface area contributed by atoms with Gasteiger partial charge in [-0.3, -0.25) is 9.59 Å². The van der Waals surface area contributed by atoms with Crippen LogP contribution in [0.1, 0.15) is 39.4 Å². The third-order valence-electron chi connectivity index (χ3n) is 7.01. The van der Waals surface area contributed by atoms with E-state index in [1.807, 2.05) is 0 Å². The van der Waals surface area contributed by atoms with Gasteiger partial charge in [0.2, 0.25) is 11.8 Å². The lowest BCUT2D eigenvalue weighted by atomic mass is 9.84. The number of hydrogen-bond donors (Lipinski definition) is 1. The Morgan fingerprint density at radius 1 is 1.02 bits per heavy atom. The number of likely N-dealkylation sites (N-methyl/N-ethyl adjacent to an activating group) is 1. The fourth-order valence-electron chi connectivity index (χ4n) is 4.84. The minimum Gasteiger partial charge on any atom is -0.492 e. The zero-order valence-corrected chi connectivity index (χ0v) is 23.0. The van der Waals surface area contributed by atoms with Crippen molar-refractivity contribution in [3.8, 4) is 5.88 Å². The van der Waals surface area contributed by atoms with Crippen LogP contribution >= 0.6 is 23.2 Å². The van der Waals surface area contributed by atoms with E-state index >= 15 is 0 Å². The molecule has 16 heteroatoms. The molecule has 8 nitrogen and oxygen atoms in total. The van der Waals surface area contributed by atoms with Gasteiger partial charge in [-0.2, -0.15) is 26.3 Å². The topological polar surface area (TPSA) is 96.0 Å². The van der Waals surface area contributed by atoms with E-state index in [0.717, 1.165) is 11.2 Å². The lowest BCUT2D eigenvalue weighted by Gasteiger charge is -2.43. The Hall–Kier alpha value is -3.65. The number of piperidine rings is 1. The Bertz CT molecular complexity index is 1540. The largest absolute Gasteiger partial charge is 0.492 e. The highest BCUT2D eigenvalue weighted by Crippen LogP contribution is 2.38. The van der Waals surface area contributed by atoms with Gasteiger partial charge in [0.25, 0.3) is 5.91 Å². The van der Waals surface area contributed by atoms with Crippen molar-refractivity contribution in [3.05, 3.63) is 85.5 Å². The van der Waals surface area contributed by atoms with Crippen LogP contribution in [0, 0.1) is 0 Å². The van der Waals surface area contributed by atoms with Crippen LogP contribution in [0.15, 0.2) is 51.9 Å². The molecule has 0 bridgehead atoms. The number of nitrogens with zero attached hydrogens (tertiary/aromatic N) is 3. The summed E-state index contributed by atoms with van der Waals surface area (Å²) in [6, 6.07) is 4.34. The molecule has 1 saturated heterocycles. The molecule has 2 heterocycles. The van der Waals surface area contributed by atoms with Crippen LogP contribution in [-0.4, -0.2) is 57.5 Å². The van der Waals surface area contributed by atoms with Gasteiger partial charge in [0.05, 0.1) is 21.2 Å². The van der Waals surface area contributed by atoms with Crippen molar-refractivity contribution in [1.29, 1.82) is 0 Å². The van der Waals surface area contributed by atoms with Gasteiger partial charge in [-0.05, 0) is 42.3 Å². The fourth-order valence-corrected chi connectivity index (χ4v) is 5.14. The highest BCUT2D eigenvalue weighted by atomic mass is 35.5. The molecule has 2 atom stereocenters. The van der Waals surface area contributed by atoms with E-state index in [1.54, 1.807) is 6.07 Å². The maximum Gasteiger partial charge on any atom is 0.422 e. The molecule has 1 aromatic heterocycles. The predicted octanol–water partition coefficient (Wildman–Crippen LogP) is 5.65. The molecule has 2 aromatic carbocycles. The normalized spacial score (nSPS) is 17.8. The van der Waals surface area contributed by atoms with E-state index < -0.39 is 71.0 Å². The number of hydrogen-bond acceptors (Lipinski definition) is 5. The summed E-state index contributed by atoms with van der Waals surface area (Å²) in [6.07, 6.45) is -9.47. The SMILES string of the molecule is CN(C(=O)c1cc(C(F)(F)F)cc(C(F)(F)F)c1)[C@@H]1CCN(C(=O)Cn2c(O)coc2=O)C[C@H]1c1ccc(Cl)c(Cl)c1. The summed E-state index contributed by atoms with van der Waals surface area (Å²) in [5.41, 5.74) is -3.60. The van der Waals surface area contributed by atoms with Crippen molar-refractivity contribution in [2.75, 3.05) is 20.1 Å². The van der Waals surface area contributed by atoms with Crippen LogP contribution in [0.5, 0.6) is 5.88 Å². The molecule has 0 spiro atoms. The van der Waals surface area contributed by atoms with Crippen LogP contribution in [0.2, 0.25) is 10.0 Å². The van der Waals surface area contributed by atoms with E-state index in [0.29, 0.717) is 22.3 Å². The number of oxazole rings is 1. The van der Waals surface area contributed by atoms with Gasteiger partial charge in [-0.25, -0.2) is 9.36 Å². The quantitative estimate of drug-likeness (QED) is 0.364. The Morgan fingerprint density at radius 3 is 2.17 bits per heavy atom. The number of carbonyl (C=O) groups is 2. The molecule has 1 aliphatic heterocycles. The number of alkyl halides is 6. The van der Waals surface area contributed by atoms with Gasteiger partial charge in [-0.1, -0.05) is 29.3 Å². The van der Waals surface area contributed by atoms with E-state index in [-0.39, 0.29) is 35.6 Å². The van der Waals surface area contributed by atoms with Crippen LogP contribution in [0.25, 0.3) is 0 Å². The number of aromatic nitrogens is 1. The minimum atomic E-state index is -5.14. The number of rotatable bonds is 5. The standard InChI is InChI=1S/C26H21Cl2F6N3O5/c1-35(23(40)14-6-15(25(29,30)31)9-16(7-14)26(32,33)34)20-4-5-36(21(38)11-37-22(39)12-42-24(37)41)10-17(20)13-2-3-18(27)19(28)8-13/h2-3,6-9,12,17,20,39H,4-5,10-11H2,1H3/t17-,20+/m0/s1.